The van der Waals surface area contributed by atoms with E-state index >= 15 is 0 Å². The molecule has 1 fully saturated rings. The van der Waals surface area contributed by atoms with E-state index in [9.17, 15) is 9.90 Å². The molecule has 0 saturated carbocycles. The van der Waals surface area contributed by atoms with Gasteiger partial charge in [0.25, 0.3) is 0 Å². The fourth-order valence-electron chi connectivity index (χ4n) is 2.06. The highest BCUT2D eigenvalue weighted by Crippen LogP contribution is 2.21. The minimum Gasteiger partial charge on any atom is -0.445 e. The average Bonchev–Trinajstić information content (AvgIpc) is 2.78. The van der Waals surface area contributed by atoms with Crippen molar-refractivity contribution in [2.75, 3.05) is 11.0 Å². The second kappa shape index (κ2) is 6.38. The van der Waals surface area contributed by atoms with E-state index in [2.05, 4.69) is 22.6 Å². The second-order valence-corrected chi connectivity index (χ2v) is 5.27. The Kier molecular flexibility index (Phi) is 4.82. The fraction of sp³-hybridized carbons (Fsp3) is 0.462. The smallest absolute Gasteiger partial charge is 0.410 e. The Morgan fingerprint density at radius 3 is 2.83 bits per heavy atom. The van der Waals surface area contributed by atoms with Gasteiger partial charge < -0.3 is 14.7 Å². The summed E-state index contributed by atoms with van der Waals surface area (Å²) in [5.74, 6) is 0. The maximum Gasteiger partial charge on any atom is 0.410 e. The zero-order valence-corrected chi connectivity index (χ0v) is 12.1. The third kappa shape index (κ3) is 3.35. The fourth-order valence-corrected chi connectivity index (χ4v) is 2.90. The van der Waals surface area contributed by atoms with Gasteiger partial charge in [-0.3, -0.25) is 0 Å². The van der Waals surface area contributed by atoms with Gasteiger partial charge in [0, 0.05) is 10.5 Å². The van der Waals surface area contributed by atoms with Crippen molar-refractivity contribution >= 4 is 28.7 Å². The maximum atomic E-state index is 11.9. The van der Waals surface area contributed by atoms with Crippen molar-refractivity contribution in [3.63, 3.8) is 0 Å². The first-order valence-electron chi connectivity index (χ1n) is 5.92. The summed E-state index contributed by atoms with van der Waals surface area (Å²) in [5, 5.41) is 9.58. The Labute approximate surface area is 120 Å². The van der Waals surface area contributed by atoms with Crippen molar-refractivity contribution in [1.29, 1.82) is 0 Å². The van der Waals surface area contributed by atoms with Crippen LogP contribution in [0, 0.1) is 0 Å². The molecule has 4 nitrogen and oxygen atoms in total. The number of likely N-dealkylation sites (tertiary alicyclic amines) is 1. The molecule has 2 atom stereocenters. The molecule has 1 amide bonds. The van der Waals surface area contributed by atoms with Gasteiger partial charge in [0.1, 0.15) is 6.61 Å². The van der Waals surface area contributed by atoms with Gasteiger partial charge >= 0.3 is 6.09 Å². The number of benzene rings is 1. The molecule has 0 spiro atoms. The molecule has 0 unspecified atom stereocenters. The largest absolute Gasteiger partial charge is 0.445 e. The number of amides is 1. The van der Waals surface area contributed by atoms with Gasteiger partial charge in [0.2, 0.25) is 0 Å². The Hall–Kier alpha value is -0.820. The lowest BCUT2D eigenvalue weighted by Crippen LogP contribution is -2.37. The van der Waals surface area contributed by atoms with Crippen molar-refractivity contribution in [3.05, 3.63) is 35.9 Å². The summed E-state index contributed by atoms with van der Waals surface area (Å²) in [6, 6.07) is 9.68. The Balaban J connectivity index is 1.88. The van der Waals surface area contributed by atoms with Crippen LogP contribution >= 0.6 is 22.6 Å². The summed E-state index contributed by atoms with van der Waals surface area (Å²) in [4.78, 5) is 13.5. The number of aliphatic hydroxyl groups excluding tert-OH is 1. The molecule has 2 rings (SSSR count). The van der Waals surface area contributed by atoms with Crippen LogP contribution in [0.5, 0.6) is 0 Å². The third-order valence-corrected chi connectivity index (χ3v) is 4.03. The first-order valence-corrected chi connectivity index (χ1v) is 7.44. The van der Waals surface area contributed by atoms with Crippen molar-refractivity contribution in [1.82, 2.24) is 4.90 Å². The van der Waals surface area contributed by atoms with Crippen molar-refractivity contribution in [3.8, 4) is 0 Å². The van der Waals surface area contributed by atoms with E-state index in [4.69, 9.17) is 4.74 Å². The maximum absolute atomic E-state index is 11.9. The van der Waals surface area contributed by atoms with E-state index in [1.807, 2.05) is 30.3 Å². The average molecular weight is 361 g/mol. The minimum absolute atomic E-state index is 0.0869. The van der Waals surface area contributed by atoms with Crippen molar-refractivity contribution in [2.24, 2.45) is 0 Å². The number of halogens is 1. The molecule has 5 heteroatoms. The number of carbonyl (C=O) groups excluding carboxylic acids is 1. The number of rotatable bonds is 3. The topological polar surface area (TPSA) is 49.8 Å². The molecule has 0 radical (unpaired) electrons. The number of carbonyl (C=O) groups is 1. The molecular formula is C13H16INO3. The highest BCUT2D eigenvalue weighted by molar-refractivity contribution is 14.1. The third-order valence-electron chi connectivity index (χ3n) is 3.01. The molecule has 1 aliphatic heterocycles. The van der Waals surface area contributed by atoms with Gasteiger partial charge in [-0.2, -0.15) is 0 Å². The van der Waals surface area contributed by atoms with Crippen LogP contribution in [0.1, 0.15) is 12.0 Å². The molecule has 98 valence electrons. The van der Waals surface area contributed by atoms with E-state index in [1.165, 1.54) is 0 Å². The first kappa shape index (κ1) is 13.6. The molecule has 1 heterocycles. The van der Waals surface area contributed by atoms with Crippen LogP contribution in [-0.2, 0) is 11.3 Å². The van der Waals surface area contributed by atoms with Crippen LogP contribution in [0.3, 0.4) is 0 Å². The summed E-state index contributed by atoms with van der Waals surface area (Å²) in [7, 11) is 0. The highest BCUT2D eigenvalue weighted by Gasteiger charge is 2.34. The molecule has 1 N–H and O–H groups in total. The van der Waals surface area contributed by atoms with Gasteiger partial charge in [0.15, 0.2) is 0 Å². The molecule has 0 aliphatic carbocycles. The van der Waals surface area contributed by atoms with Gasteiger partial charge in [-0.25, -0.2) is 4.79 Å². The van der Waals surface area contributed by atoms with Crippen LogP contribution < -0.4 is 0 Å². The first-order chi connectivity index (χ1) is 8.70. The van der Waals surface area contributed by atoms with E-state index in [-0.39, 0.29) is 18.7 Å². The predicted molar refractivity (Wildman–Crippen MR) is 76.6 cm³/mol. The van der Waals surface area contributed by atoms with Crippen LogP contribution in [0.25, 0.3) is 0 Å². The molecule has 1 aromatic rings. The lowest BCUT2D eigenvalue weighted by Gasteiger charge is -2.21. The Bertz CT molecular complexity index is 398. The Morgan fingerprint density at radius 2 is 2.17 bits per heavy atom. The summed E-state index contributed by atoms with van der Waals surface area (Å²) in [6.45, 7) is 0.654. The number of hydrogen-bond acceptors (Lipinski definition) is 3. The van der Waals surface area contributed by atoms with Crippen molar-refractivity contribution < 1.29 is 14.6 Å². The van der Waals surface area contributed by atoms with Gasteiger partial charge in [-0.15, -0.1) is 0 Å². The van der Waals surface area contributed by atoms with E-state index in [0.29, 0.717) is 13.0 Å². The number of ether oxygens (including phenoxy) is 1. The normalized spacial score (nSPS) is 23.1. The minimum atomic E-state index is -0.422. The number of hydrogen-bond donors (Lipinski definition) is 1. The highest BCUT2D eigenvalue weighted by atomic mass is 127. The van der Waals surface area contributed by atoms with E-state index in [0.717, 1.165) is 9.99 Å². The number of β-amino-alcohol motifs (C(OH)–C–C–N with tert-alkyl or cyclic N) is 1. The van der Waals surface area contributed by atoms with Crippen LogP contribution in [0.2, 0.25) is 0 Å². The van der Waals surface area contributed by atoms with Gasteiger partial charge in [0.05, 0.1) is 12.6 Å². The van der Waals surface area contributed by atoms with E-state index in [1.54, 1.807) is 4.90 Å². The predicted octanol–water partition coefficient (Wildman–Crippen LogP) is 2.19. The van der Waals surface area contributed by atoms with Crippen LogP contribution in [0.4, 0.5) is 4.79 Å². The number of nitrogens with zero attached hydrogens (tertiary/aromatic N) is 1. The monoisotopic (exact) mass is 361 g/mol. The second-order valence-electron chi connectivity index (χ2n) is 4.39. The SMILES string of the molecule is O=C(OCc1ccccc1)N1C[C@H](O)C[C@H]1CI. The molecule has 0 aromatic heterocycles. The zero-order chi connectivity index (χ0) is 13.0. The van der Waals surface area contributed by atoms with Gasteiger partial charge in [-0.05, 0) is 12.0 Å². The summed E-state index contributed by atoms with van der Waals surface area (Å²) >= 11 is 2.23. The lowest BCUT2D eigenvalue weighted by molar-refractivity contribution is 0.0902. The summed E-state index contributed by atoms with van der Waals surface area (Å²) in [6.07, 6.45) is -0.116. The molecule has 0 bridgehead atoms. The molecule has 1 saturated heterocycles. The standard InChI is InChI=1S/C13H16INO3/c14-7-11-6-12(16)8-15(11)13(17)18-9-10-4-2-1-3-5-10/h1-5,11-12,16H,6-9H2/t11-,12+/m0/s1. The zero-order valence-electron chi connectivity index (χ0n) is 9.96. The van der Waals surface area contributed by atoms with Crippen LogP contribution in [0.15, 0.2) is 30.3 Å². The van der Waals surface area contributed by atoms with Crippen LogP contribution in [-0.4, -0.2) is 39.2 Å². The summed E-state index contributed by atoms with van der Waals surface area (Å²) in [5.41, 5.74) is 0.969. The van der Waals surface area contributed by atoms with Gasteiger partial charge in [-0.1, -0.05) is 52.9 Å². The number of aliphatic hydroxyl groups is 1. The summed E-state index contributed by atoms with van der Waals surface area (Å²) < 4.78 is 6.08. The lowest BCUT2D eigenvalue weighted by atomic mass is 10.2. The van der Waals surface area contributed by atoms with Crippen molar-refractivity contribution in [2.45, 2.75) is 25.2 Å². The molecule has 18 heavy (non-hydrogen) atoms. The Morgan fingerprint density at radius 1 is 1.44 bits per heavy atom. The van der Waals surface area contributed by atoms with E-state index < -0.39 is 6.10 Å². The number of alkyl halides is 1. The molecule has 1 aromatic carbocycles. The molecule has 1 aliphatic rings. The molecular weight excluding hydrogens is 345 g/mol. The quantitative estimate of drug-likeness (QED) is 0.663.